The minimum absolute atomic E-state index is 0.0472. The summed E-state index contributed by atoms with van der Waals surface area (Å²) >= 11 is 0. The number of nitrogens with zero attached hydrogens (tertiary/aromatic N) is 1. The molecule has 0 radical (unpaired) electrons. The molecule has 0 aliphatic carbocycles. The van der Waals surface area contributed by atoms with Crippen molar-refractivity contribution in [2.45, 2.75) is 38.4 Å². The van der Waals surface area contributed by atoms with Gasteiger partial charge in [0.1, 0.15) is 17.3 Å². The molecule has 4 rings (SSSR count). The highest BCUT2D eigenvalue weighted by Gasteiger charge is 2.36. The molecular weight excluding hydrogens is 387 g/mol. The van der Waals surface area contributed by atoms with Crippen molar-refractivity contribution in [2.24, 2.45) is 11.7 Å². The van der Waals surface area contributed by atoms with E-state index < -0.39 is 6.09 Å². The Labute approximate surface area is 175 Å². The monoisotopic (exact) mass is 414 g/mol. The van der Waals surface area contributed by atoms with Gasteiger partial charge in [0.25, 0.3) is 0 Å². The summed E-state index contributed by atoms with van der Waals surface area (Å²) in [5, 5.41) is 10.6. The summed E-state index contributed by atoms with van der Waals surface area (Å²) in [5.41, 5.74) is 8.69. The van der Waals surface area contributed by atoms with Crippen LogP contribution >= 0.6 is 0 Å². The zero-order chi connectivity index (χ0) is 21.3. The standard InChI is InChI=1S/C23H27FN2O4/c1-14-2-7-18-19(22(14)27)12-20(30-21(18)13-25)15-8-10-26(11-9-15)23(28)29-17-5-3-16(24)4-6-17/h2-7,15,20-21,27H,8-13,25H2,1H3/t20-,21-/m0/s1. The van der Waals surface area contributed by atoms with Crippen molar-refractivity contribution in [2.75, 3.05) is 19.6 Å². The molecule has 1 amide bonds. The summed E-state index contributed by atoms with van der Waals surface area (Å²) in [6.45, 7) is 3.37. The molecule has 7 heteroatoms. The van der Waals surface area contributed by atoms with Gasteiger partial charge in [-0.05, 0) is 61.1 Å². The summed E-state index contributed by atoms with van der Waals surface area (Å²) in [6.07, 6.45) is 1.50. The molecule has 6 nitrogen and oxygen atoms in total. The molecule has 1 saturated heterocycles. The number of rotatable bonds is 3. The van der Waals surface area contributed by atoms with E-state index in [2.05, 4.69) is 0 Å². The third kappa shape index (κ3) is 4.13. The van der Waals surface area contributed by atoms with Gasteiger partial charge in [-0.15, -0.1) is 0 Å². The summed E-state index contributed by atoms with van der Waals surface area (Å²) < 4.78 is 24.6. The van der Waals surface area contributed by atoms with Gasteiger partial charge >= 0.3 is 6.09 Å². The molecule has 3 N–H and O–H groups in total. The van der Waals surface area contributed by atoms with Gasteiger partial charge in [0.2, 0.25) is 0 Å². The molecule has 2 atom stereocenters. The molecule has 1 fully saturated rings. The number of benzene rings is 2. The minimum Gasteiger partial charge on any atom is -0.507 e. The number of phenolic OH excluding ortho intramolecular Hbond substituents is 1. The Morgan fingerprint density at radius 3 is 2.60 bits per heavy atom. The first-order valence-corrected chi connectivity index (χ1v) is 10.4. The number of fused-ring (bicyclic) bond motifs is 1. The van der Waals surface area contributed by atoms with Crippen LogP contribution in [0.25, 0.3) is 0 Å². The molecule has 2 heterocycles. The molecule has 160 valence electrons. The first-order valence-electron chi connectivity index (χ1n) is 10.4. The van der Waals surface area contributed by atoms with E-state index in [4.69, 9.17) is 15.2 Å². The molecule has 30 heavy (non-hydrogen) atoms. The van der Waals surface area contributed by atoms with E-state index in [0.717, 1.165) is 29.5 Å². The second-order valence-electron chi connectivity index (χ2n) is 8.05. The normalized spacial score (nSPS) is 21.9. The number of carbonyl (C=O) groups excluding carboxylic acids is 1. The Morgan fingerprint density at radius 2 is 1.93 bits per heavy atom. The lowest BCUT2D eigenvalue weighted by molar-refractivity contribution is -0.0633. The van der Waals surface area contributed by atoms with E-state index in [1.54, 1.807) is 4.90 Å². The number of ether oxygens (including phenoxy) is 2. The lowest BCUT2D eigenvalue weighted by atomic mass is 9.83. The second-order valence-corrected chi connectivity index (χ2v) is 8.05. The Kier molecular flexibility index (Phi) is 5.92. The van der Waals surface area contributed by atoms with Crippen LogP contribution in [0.2, 0.25) is 0 Å². The summed E-state index contributed by atoms with van der Waals surface area (Å²) in [4.78, 5) is 14.1. The largest absolute Gasteiger partial charge is 0.507 e. The van der Waals surface area contributed by atoms with Crippen molar-refractivity contribution in [3.63, 3.8) is 0 Å². The van der Waals surface area contributed by atoms with Crippen LogP contribution in [0.3, 0.4) is 0 Å². The van der Waals surface area contributed by atoms with Crippen molar-refractivity contribution < 1.29 is 23.8 Å². The van der Waals surface area contributed by atoms with Crippen molar-refractivity contribution in [1.82, 2.24) is 4.90 Å². The predicted molar refractivity (Wildman–Crippen MR) is 110 cm³/mol. The number of likely N-dealkylation sites (tertiary alicyclic amines) is 1. The molecule has 0 saturated carbocycles. The van der Waals surface area contributed by atoms with Crippen LogP contribution in [0, 0.1) is 18.7 Å². The first kappa shape index (κ1) is 20.6. The van der Waals surface area contributed by atoms with Gasteiger partial charge in [-0.3, -0.25) is 0 Å². The van der Waals surface area contributed by atoms with E-state index >= 15 is 0 Å². The number of hydrogen-bond acceptors (Lipinski definition) is 5. The maximum atomic E-state index is 13.0. The maximum Gasteiger partial charge on any atom is 0.415 e. The van der Waals surface area contributed by atoms with Crippen LogP contribution in [0.15, 0.2) is 36.4 Å². The quantitative estimate of drug-likeness (QED) is 0.800. The molecule has 0 bridgehead atoms. The van der Waals surface area contributed by atoms with Crippen LogP contribution in [-0.4, -0.2) is 41.8 Å². The Balaban J connectivity index is 1.38. The van der Waals surface area contributed by atoms with Crippen molar-refractivity contribution in [3.8, 4) is 11.5 Å². The Hall–Kier alpha value is -2.64. The third-order valence-electron chi connectivity index (χ3n) is 6.17. The number of nitrogens with two attached hydrogens (primary N) is 1. The van der Waals surface area contributed by atoms with Crippen molar-refractivity contribution >= 4 is 6.09 Å². The molecule has 2 aliphatic rings. The highest BCUT2D eigenvalue weighted by molar-refractivity contribution is 5.70. The number of hydrogen-bond donors (Lipinski definition) is 2. The highest BCUT2D eigenvalue weighted by Crippen LogP contribution is 2.40. The van der Waals surface area contributed by atoms with Gasteiger partial charge in [-0.2, -0.15) is 0 Å². The third-order valence-corrected chi connectivity index (χ3v) is 6.17. The Bertz CT molecular complexity index is 910. The summed E-state index contributed by atoms with van der Waals surface area (Å²) in [5.74, 6) is 0.551. The second kappa shape index (κ2) is 8.62. The highest BCUT2D eigenvalue weighted by atomic mass is 19.1. The van der Waals surface area contributed by atoms with Crippen molar-refractivity contribution in [1.29, 1.82) is 0 Å². The van der Waals surface area contributed by atoms with E-state index in [1.165, 1.54) is 24.3 Å². The van der Waals surface area contributed by atoms with Crippen molar-refractivity contribution in [3.05, 3.63) is 58.9 Å². The van der Waals surface area contributed by atoms with E-state index in [9.17, 15) is 14.3 Å². The fraction of sp³-hybridized carbons (Fsp3) is 0.435. The number of carbonyl (C=O) groups is 1. The lowest BCUT2D eigenvalue weighted by Gasteiger charge is -2.40. The van der Waals surface area contributed by atoms with E-state index in [0.29, 0.717) is 37.6 Å². The van der Waals surface area contributed by atoms with Crippen LogP contribution < -0.4 is 10.5 Å². The molecular formula is C23H27FN2O4. The molecule has 2 aromatic rings. The molecule has 0 unspecified atom stereocenters. The molecule has 0 aromatic heterocycles. The average molecular weight is 414 g/mol. The van der Waals surface area contributed by atoms with Gasteiger partial charge < -0.3 is 25.2 Å². The number of amides is 1. The molecule has 2 aromatic carbocycles. The fourth-order valence-corrected chi connectivity index (χ4v) is 4.40. The molecule has 2 aliphatic heterocycles. The smallest absolute Gasteiger partial charge is 0.415 e. The zero-order valence-corrected chi connectivity index (χ0v) is 17.0. The SMILES string of the molecule is Cc1ccc2c(c1O)C[C@@H](C1CCN(C(=O)Oc3ccc(F)cc3)CC1)O[C@H]2CN. The number of aromatic hydroxyl groups is 1. The van der Waals surface area contributed by atoms with Crippen LogP contribution in [0.5, 0.6) is 11.5 Å². The number of aryl methyl sites for hydroxylation is 1. The van der Waals surface area contributed by atoms with Crippen LogP contribution in [-0.2, 0) is 11.2 Å². The van der Waals surface area contributed by atoms with Gasteiger partial charge in [-0.1, -0.05) is 12.1 Å². The van der Waals surface area contributed by atoms with Crippen LogP contribution in [0.4, 0.5) is 9.18 Å². The fourth-order valence-electron chi connectivity index (χ4n) is 4.40. The van der Waals surface area contributed by atoms with Crippen LogP contribution in [0.1, 0.15) is 35.6 Å². The molecule has 0 spiro atoms. The summed E-state index contributed by atoms with van der Waals surface area (Å²) in [6, 6.07) is 9.29. The lowest BCUT2D eigenvalue weighted by Crippen LogP contribution is -2.45. The van der Waals surface area contributed by atoms with Gasteiger partial charge in [0.15, 0.2) is 0 Å². The van der Waals surface area contributed by atoms with E-state index in [1.807, 2.05) is 19.1 Å². The number of halogens is 1. The topological polar surface area (TPSA) is 85.0 Å². The predicted octanol–water partition coefficient (Wildman–Crippen LogP) is 3.69. The number of piperidine rings is 1. The Morgan fingerprint density at radius 1 is 1.23 bits per heavy atom. The zero-order valence-electron chi connectivity index (χ0n) is 17.0. The summed E-state index contributed by atoms with van der Waals surface area (Å²) in [7, 11) is 0. The average Bonchev–Trinajstić information content (AvgIpc) is 2.77. The van der Waals surface area contributed by atoms with E-state index in [-0.39, 0.29) is 23.9 Å². The number of phenols is 1. The van der Waals surface area contributed by atoms with Gasteiger partial charge in [-0.25, -0.2) is 9.18 Å². The first-order chi connectivity index (χ1) is 14.5. The van der Waals surface area contributed by atoms with Gasteiger partial charge in [0.05, 0.1) is 12.2 Å². The maximum absolute atomic E-state index is 13.0. The van der Waals surface area contributed by atoms with Gasteiger partial charge in [0, 0.05) is 31.6 Å². The minimum atomic E-state index is -0.428.